The van der Waals surface area contributed by atoms with Crippen LogP contribution in [0.2, 0.25) is 5.02 Å². The number of hydrogen-bond donors (Lipinski definition) is 2. The number of urea groups is 1. The molecule has 1 fully saturated rings. The second-order valence-electron chi connectivity index (χ2n) is 8.36. The summed E-state index contributed by atoms with van der Waals surface area (Å²) >= 11 is 5.95. The first-order valence-corrected chi connectivity index (χ1v) is 11.6. The molecular weight excluding hydrogens is 468 g/mol. The van der Waals surface area contributed by atoms with Crippen molar-refractivity contribution in [2.45, 2.75) is 32.4 Å². The van der Waals surface area contributed by atoms with Crippen LogP contribution in [0.3, 0.4) is 0 Å². The number of nitrogens with two attached hydrogens (primary N) is 1. The summed E-state index contributed by atoms with van der Waals surface area (Å²) in [5.41, 5.74) is 2.58. The largest absolute Gasteiger partial charge is 0.497 e. The molecular formula is C26H31ClN4O4. The van der Waals surface area contributed by atoms with Crippen molar-refractivity contribution in [1.82, 2.24) is 15.1 Å². The Labute approximate surface area is 210 Å². The summed E-state index contributed by atoms with van der Waals surface area (Å²) in [5, 5.41) is 3.50. The van der Waals surface area contributed by atoms with Crippen LogP contribution in [-0.2, 0) is 16.2 Å². The fourth-order valence-electron chi connectivity index (χ4n) is 4.01. The summed E-state index contributed by atoms with van der Waals surface area (Å²) in [6, 6.07) is 13.6. The Balaban J connectivity index is 1.73. The number of likely N-dealkylation sites (tertiary alicyclic amines) is 1. The number of hydrogen-bond acceptors (Lipinski definition) is 5. The molecule has 0 spiro atoms. The Morgan fingerprint density at radius 1 is 1.20 bits per heavy atom. The van der Waals surface area contributed by atoms with E-state index in [1.54, 1.807) is 55.1 Å². The molecule has 9 heteroatoms. The van der Waals surface area contributed by atoms with Crippen molar-refractivity contribution in [2.24, 2.45) is 5.90 Å². The van der Waals surface area contributed by atoms with Gasteiger partial charge in [-0.1, -0.05) is 42.4 Å². The van der Waals surface area contributed by atoms with Crippen LogP contribution < -0.4 is 16.0 Å². The first-order chi connectivity index (χ1) is 16.7. The van der Waals surface area contributed by atoms with Gasteiger partial charge in [-0.05, 0) is 55.2 Å². The smallest absolute Gasteiger partial charge is 0.322 e. The van der Waals surface area contributed by atoms with Crippen molar-refractivity contribution in [2.75, 3.05) is 20.7 Å². The number of halogens is 1. The highest BCUT2D eigenvalue weighted by Gasteiger charge is 2.36. The highest BCUT2D eigenvalue weighted by molar-refractivity contribution is 6.30. The number of carbonyl (C=O) groups excluding carboxylic acids is 2. The van der Waals surface area contributed by atoms with Gasteiger partial charge in [0.1, 0.15) is 17.6 Å². The van der Waals surface area contributed by atoms with Gasteiger partial charge >= 0.3 is 6.03 Å². The summed E-state index contributed by atoms with van der Waals surface area (Å²) in [4.78, 5) is 34.6. The first kappa shape index (κ1) is 26.1. The number of nitrogens with one attached hydrogen (secondary N) is 1. The van der Waals surface area contributed by atoms with Crippen molar-refractivity contribution in [3.05, 3.63) is 82.7 Å². The van der Waals surface area contributed by atoms with Crippen LogP contribution in [0.1, 0.15) is 30.9 Å². The minimum atomic E-state index is -0.568. The predicted molar refractivity (Wildman–Crippen MR) is 136 cm³/mol. The molecule has 3 amide bonds. The van der Waals surface area contributed by atoms with Gasteiger partial charge in [0.2, 0.25) is 5.91 Å². The average molecular weight is 499 g/mol. The molecule has 0 unspecified atom stereocenters. The number of benzene rings is 2. The summed E-state index contributed by atoms with van der Waals surface area (Å²) < 4.78 is 5.20. The van der Waals surface area contributed by atoms with Gasteiger partial charge in [-0.15, -0.1) is 0 Å². The molecule has 8 nitrogen and oxygen atoms in total. The van der Waals surface area contributed by atoms with Gasteiger partial charge in [0.15, 0.2) is 0 Å². The third kappa shape index (κ3) is 6.35. The van der Waals surface area contributed by atoms with E-state index in [-0.39, 0.29) is 5.91 Å². The minimum Gasteiger partial charge on any atom is -0.497 e. The number of nitrogens with zero attached hydrogens (tertiary/aromatic N) is 2. The van der Waals surface area contributed by atoms with Crippen molar-refractivity contribution < 1.29 is 19.2 Å². The Kier molecular flexibility index (Phi) is 8.78. The van der Waals surface area contributed by atoms with Gasteiger partial charge in [0.05, 0.1) is 12.8 Å². The number of methoxy groups -OCH3 is 1. The Hall–Kier alpha value is -3.49. The third-order valence-corrected chi connectivity index (χ3v) is 6.26. The molecule has 2 aromatic carbocycles. The fraction of sp³-hybridized carbons (Fsp3) is 0.308. The maximum Gasteiger partial charge on any atom is 0.322 e. The summed E-state index contributed by atoms with van der Waals surface area (Å²) in [5.74, 6) is 6.27. The molecule has 1 heterocycles. The molecule has 0 bridgehead atoms. The number of rotatable bonds is 8. The standard InChI is InChI=1S/C26H31ClN4O4/c1-17(20-9-13-22(34-4)14-10-20)24(18(2)35-28)29-26(33)31-15-5-6-23(31)25(32)30(3)16-19-7-11-21(27)12-8-19/h7-14,23H,1,5-6,15-16,28H2,2-4H3,(H,29,33)/b24-18+/t23-/m1/s1. The molecule has 0 radical (unpaired) electrons. The molecule has 3 N–H and O–H groups in total. The lowest BCUT2D eigenvalue weighted by Gasteiger charge is -2.29. The highest BCUT2D eigenvalue weighted by Crippen LogP contribution is 2.26. The predicted octanol–water partition coefficient (Wildman–Crippen LogP) is 4.32. The van der Waals surface area contributed by atoms with Crippen LogP contribution in [0.5, 0.6) is 5.75 Å². The zero-order chi connectivity index (χ0) is 25.5. The number of ether oxygens (including phenoxy) is 1. The summed E-state index contributed by atoms with van der Waals surface area (Å²) in [6.45, 7) is 6.63. The van der Waals surface area contributed by atoms with E-state index in [1.165, 1.54) is 0 Å². The first-order valence-electron chi connectivity index (χ1n) is 11.2. The van der Waals surface area contributed by atoms with Gasteiger partial charge in [-0.25, -0.2) is 4.79 Å². The van der Waals surface area contributed by atoms with E-state index in [2.05, 4.69) is 11.9 Å². The van der Waals surface area contributed by atoms with E-state index < -0.39 is 12.1 Å². The van der Waals surface area contributed by atoms with Crippen molar-refractivity contribution in [1.29, 1.82) is 0 Å². The normalized spacial score (nSPS) is 15.8. The summed E-state index contributed by atoms with van der Waals surface area (Å²) in [7, 11) is 3.32. The molecule has 0 saturated carbocycles. The zero-order valence-corrected chi connectivity index (χ0v) is 21.0. The van der Waals surface area contributed by atoms with E-state index in [0.717, 1.165) is 17.5 Å². The maximum absolute atomic E-state index is 13.3. The lowest BCUT2D eigenvalue weighted by Crippen LogP contribution is -2.49. The quantitative estimate of drug-likeness (QED) is 0.321. The number of carbonyl (C=O) groups is 2. The molecule has 1 aliphatic rings. The number of likely N-dealkylation sites (N-methyl/N-ethyl adjacent to an activating group) is 1. The Bertz CT molecular complexity index is 1100. The molecule has 0 aromatic heterocycles. The molecule has 1 atom stereocenters. The van der Waals surface area contributed by atoms with Gasteiger partial charge in [0, 0.05) is 30.7 Å². The second-order valence-corrected chi connectivity index (χ2v) is 8.79. The van der Waals surface area contributed by atoms with Crippen molar-refractivity contribution in [3.8, 4) is 5.75 Å². The van der Waals surface area contributed by atoms with E-state index >= 15 is 0 Å². The molecule has 3 rings (SSSR count). The van der Waals surface area contributed by atoms with E-state index in [4.69, 9.17) is 27.1 Å². The van der Waals surface area contributed by atoms with Crippen LogP contribution in [-0.4, -0.2) is 48.5 Å². The summed E-state index contributed by atoms with van der Waals surface area (Å²) in [6.07, 6.45) is 1.31. The number of allylic oxidation sites excluding steroid dienone is 2. The van der Waals surface area contributed by atoms with Crippen LogP contribution >= 0.6 is 11.6 Å². The monoisotopic (exact) mass is 498 g/mol. The maximum atomic E-state index is 13.3. The lowest BCUT2D eigenvalue weighted by molar-refractivity contribution is -0.134. The third-order valence-electron chi connectivity index (χ3n) is 6.01. The zero-order valence-electron chi connectivity index (χ0n) is 20.2. The van der Waals surface area contributed by atoms with E-state index in [1.807, 2.05) is 24.3 Å². The number of amides is 3. The van der Waals surface area contributed by atoms with Crippen LogP contribution in [0.15, 0.2) is 66.6 Å². The molecule has 2 aromatic rings. The van der Waals surface area contributed by atoms with Gasteiger partial charge in [-0.2, -0.15) is 5.90 Å². The van der Waals surface area contributed by atoms with Crippen LogP contribution in [0.25, 0.3) is 5.57 Å². The average Bonchev–Trinajstić information content (AvgIpc) is 3.37. The topological polar surface area (TPSA) is 97.1 Å². The second kappa shape index (κ2) is 11.8. The lowest BCUT2D eigenvalue weighted by atomic mass is 10.0. The molecule has 35 heavy (non-hydrogen) atoms. The van der Waals surface area contributed by atoms with E-state index in [9.17, 15) is 9.59 Å². The molecule has 0 aliphatic carbocycles. The highest BCUT2D eigenvalue weighted by atomic mass is 35.5. The van der Waals surface area contributed by atoms with Crippen molar-refractivity contribution in [3.63, 3.8) is 0 Å². The molecule has 1 saturated heterocycles. The van der Waals surface area contributed by atoms with Crippen LogP contribution in [0.4, 0.5) is 4.79 Å². The van der Waals surface area contributed by atoms with E-state index in [0.29, 0.717) is 47.3 Å². The molecule has 1 aliphatic heterocycles. The molecule has 186 valence electrons. The minimum absolute atomic E-state index is 0.126. The van der Waals surface area contributed by atoms with Crippen LogP contribution in [0, 0.1) is 0 Å². The van der Waals surface area contributed by atoms with Gasteiger partial charge < -0.3 is 24.7 Å². The fourth-order valence-corrected chi connectivity index (χ4v) is 4.14. The Morgan fingerprint density at radius 3 is 2.46 bits per heavy atom. The van der Waals surface area contributed by atoms with Gasteiger partial charge in [-0.3, -0.25) is 4.79 Å². The SMILES string of the molecule is C=C(/C(NC(=O)N1CCC[C@@H]1C(=O)N(C)Cc1ccc(Cl)cc1)=C(/C)ON)c1ccc(OC)cc1. The van der Waals surface area contributed by atoms with Gasteiger partial charge in [0.25, 0.3) is 0 Å². The Morgan fingerprint density at radius 2 is 1.86 bits per heavy atom. The van der Waals surface area contributed by atoms with Crippen molar-refractivity contribution >= 4 is 29.1 Å².